The van der Waals surface area contributed by atoms with Crippen molar-refractivity contribution in [1.82, 2.24) is 15.6 Å². The number of nitrogens with zero attached hydrogens (tertiary/aromatic N) is 2. The maximum Gasteiger partial charge on any atom is 0.350 e. The summed E-state index contributed by atoms with van der Waals surface area (Å²) in [6, 6.07) is 6.74. The first-order valence-corrected chi connectivity index (χ1v) is 10.3. The molecule has 0 aliphatic heterocycles. The predicted molar refractivity (Wildman–Crippen MR) is 128 cm³/mol. The molecule has 0 fully saturated rings. The first-order valence-electron chi connectivity index (χ1n) is 9.45. The molecule has 2 N–H and O–H groups in total. The van der Waals surface area contributed by atoms with Crippen LogP contribution in [0.15, 0.2) is 29.3 Å². The summed E-state index contributed by atoms with van der Waals surface area (Å²) in [5.41, 5.74) is 1.48. The highest BCUT2D eigenvalue weighted by Crippen LogP contribution is 2.24. The number of thiazole rings is 1. The lowest BCUT2D eigenvalue weighted by molar-refractivity contribution is 0.0531. The Labute approximate surface area is 201 Å². The van der Waals surface area contributed by atoms with Crippen LogP contribution in [0.2, 0.25) is 0 Å². The van der Waals surface area contributed by atoms with Gasteiger partial charge in [-0.1, -0.05) is 12.1 Å². The number of aromatic nitrogens is 1. The maximum atomic E-state index is 12.3. The monoisotopic (exact) mass is 568 g/mol. The molecule has 0 aliphatic carbocycles. The van der Waals surface area contributed by atoms with E-state index in [-0.39, 0.29) is 36.0 Å². The number of hydrogen-bond acceptors (Lipinski definition) is 6. The van der Waals surface area contributed by atoms with Crippen LogP contribution in [0.25, 0.3) is 0 Å². The highest BCUT2D eigenvalue weighted by molar-refractivity contribution is 14.0. The van der Waals surface area contributed by atoms with Gasteiger partial charge in [0.05, 0.1) is 18.3 Å². The third-order valence-electron chi connectivity index (χ3n) is 3.96. The average Bonchev–Trinajstić information content (AvgIpc) is 3.12. The second-order valence-electron chi connectivity index (χ2n) is 6.33. The van der Waals surface area contributed by atoms with Gasteiger partial charge >= 0.3 is 5.97 Å². The fourth-order valence-electron chi connectivity index (χ4n) is 2.54. The van der Waals surface area contributed by atoms with Crippen LogP contribution < -0.4 is 15.4 Å². The molecule has 7 nitrogen and oxygen atoms in total. The molecular formula is C20H27F2IN4O3S. The number of rotatable bonds is 9. The Balaban J connectivity index is 0.00000480. The van der Waals surface area contributed by atoms with Gasteiger partial charge in [-0.05, 0) is 38.5 Å². The third-order valence-corrected chi connectivity index (χ3v) is 5.28. The second kappa shape index (κ2) is 13.4. The standard InChI is InChI=1S/C20H26F2N4O3S.HI/c1-5-28-19(27)17-12(2)25-18(30-17)13(3)26-20(23-4)24-10-14-7-6-8-15(9-14)29-11-16(21)22;/h6-9,13,16H,5,10-11H2,1-4H3,(H2,23,24,26);1H. The van der Waals surface area contributed by atoms with Gasteiger partial charge in [-0.15, -0.1) is 35.3 Å². The van der Waals surface area contributed by atoms with Crippen LogP contribution >= 0.6 is 35.3 Å². The maximum absolute atomic E-state index is 12.3. The molecule has 0 bridgehead atoms. The van der Waals surface area contributed by atoms with E-state index >= 15 is 0 Å². The van der Waals surface area contributed by atoms with Crippen molar-refractivity contribution < 1.29 is 23.0 Å². The summed E-state index contributed by atoms with van der Waals surface area (Å²) in [7, 11) is 1.64. The molecule has 1 aromatic carbocycles. The first-order chi connectivity index (χ1) is 14.3. The van der Waals surface area contributed by atoms with Gasteiger partial charge in [0.1, 0.15) is 22.2 Å². The van der Waals surface area contributed by atoms with Crippen molar-refractivity contribution in [2.45, 2.75) is 39.8 Å². The lowest BCUT2D eigenvalue weighted by Crippen LogP contribution is -2.38. The van der Waals surface area contributed by atoms with Crippen molar-refractivity contribution in [1.29, 1.82) is 0 Å². The van der Waals surface area contributed by atoms with Gasteiger partial charge in [-0.3, -0.25) is 4.99 Å². The number of ether oxygens (including phenoxy) is 2. The number of guanidine groups is 1. The van der Waals surface area contributed by atoms with Crippen LogP contribution in [0, 0.1) is 6.92 Å². The molecule has 2 rings (SSSR count). The molecule has 0 amide bonds. The Morgan fingerprint density at radius 1 is 1.35 bits per heavy atom. The topological polar surface area (TPSA) is 84.8 Å². The summed E-state index contributed by atoms with van der Waals surface area (Å²) >= 11 is 1.28. The largest absolute Gasteiger partial charge is 0.488 e. The number of aliphatic imine (C=N–C) groups is 1. The molecule has 2 aromatic rings. The predicted octanol–water partition coefficient (Wildman–Crippen LogP) is 4.32. The van der Waals surface area contributed by atoms with E-state index in [9.17, 15) is 13.6 Å². The van der Waals surface area contributed by atoms with Crippen LogP contribution in [0.3, 0.4) is 0 Å². The summed E-state index contributed by atoms with van der Waals surface area (Å²) in [5.74, 6) is 0.546. The van der Waals surface area contributed by atoms with Crippen molar-refractivity contribution in [3.8, 4) is 5.75 Å². The van der Waals surface area contributed by atoms with Gasteiger partial charge in [-0.25, -0.2) is 18.6 Å². The molecule has 172 valence electrons. The van der Waals surface area contributed by atoms with E-state index in [1.807, 2.05) is 13.0 Å². The minimum absolute atomic E-state index is 0. The summed E-state index contributed by atoms with van der Waals surface area (Å²) in [4.78, 5) is 21.1. The Kier molecular flexibility index (Phi) is 11.7. The van der Waals surface area contributed by atoms with Gasteiger partial charge in [0.2, 0.25) is 0 Å². The zero-order valence-corrected chi connectivity index (χ0v) is 20.9. The van der Waals surface area contributed by atoms with Crippen LogP contribution in [0.1, 0.15) is 45.8 Å². The summed E-state index contributed by atoms with van der Waals surface area (Å²) in [6.45, 7) is 5.54. The molecule has 1 heterocycles. The van der Waals surface area contributed by atoms with Crippen LogP contribution in [0.4, 0.5) is 8.78 Å². The SMILES string of the molecule is CCOC(=O)c1sc(C(C)NC(=NC)NCc2cccc(OCC(F)F)c2)nc1C.I. The van der Waals surface area contributed by atoms with Crippen molar-refractivity contribution in [2.24, 2.45) is 4.99 Å². The molecular weight excluding hydrogens is 541 g/mol. The van der Waals surface area contributed by atoms with E-state index in [0.717, 1.165) is 10.6 Å². The Bertz CT molecular complexity index is 880. The fraction of sp³-hybridized carbons (Fsp3) is 0.450. The van der Waals surface area contributed by atoms with Gasteiger partial charge in [0.25, 0.3) is 6.43 Å². The number of hydrogen-bond donors (Lipinski definition) is 2. The summed E-state index contributed by atoms with van der Waals surface area (Å²) in [5, 5.41) is 7.12. The highest BCUT2D eigenvalue weighted by Gasteiger charge is 2.20. The number of alkyl halides is 2. The molecule has 0 radical (unpaired) electrons. The minimum Gasteiger partial charge on any atom is -0.488 e. The van der Waals surface area contributed by atoms with E-state index in [1.165, 1.54) is 11.3 Å². The van der Waals surface area contributed by atoms with Gasteiger partial charge in [0.15, 0.2) is 5.96 Å². The van der Waals surface area contributed by atoms with Crippen molar-refractivity contribution >= 4 is 47.2 Å². The van der Waals surface area contributed by atoms with Crippen molar-refractivity contribution in [2.75, 3.05) is 20.3 Å². The number of carbonyl (C=O) groups is 1. The van der Waals surface area contributed by atoms with E-state index in [0.29, 0.717) is 35.4 Å². The second-order valence-corrected chi connectivity index (χ2v) is 7.36. The smallest absolute Gasteiger partial charge is 0.350 e. The number of nitrogens with one attached hydrogen (secondary N) is 2. The number of benzene rings is 1. The quantitative estimate of drug-likeness (QED) is 0.203. The molecule has 0 spiro atoms. The van der Waals surface area contributed by atoms with Crippen molar-refractivity contribution in [3.05, 3.63) is 45.4 Å². The van der Waals surface area contributed by atoms with E-state index in [1.54, 1.807) is 39.1 Å². The number of esters is 1. The molecule has 0 saturated heterocycles. The molecule has 11 heteroatoms. The van der Waals surface area contributed by atoms with Gasteiger partial charge in [0, 0.05) is 13.6 Å². The molecule has 31 heavy (non-hydrogen) atoms. The summed E-state index contributed by atoms with van der Waals surface area (Å²) < 4.78 is 34.7. The number of carbonyl (C=O) groups excluding carboxylic acids is 1. The van der Waals surface area contributed by atoms with Crippen molar-refractivity contribution in [3.63, 3.8) is 0 Å². The zero-order valence-electron chi connectivity index (χ0n) is 17.8. The summed E-state index contributed by atoms with van der Waals surface area (Å²) in [6.07, 6.45) is -2.52. The fourth-order valence-corrected chi connectivity index (χ4v) is 3.50. The van der Waals surface area contributed by atoms with Gasteiger partial charge in [-0.2, -0.15) is 0 Å². The average molecular weight is 568 g/mol. The van der Waals surface area contributed by atoms with Crippen LogP contribution in [-0.4, -0.2) is 43.6 Å². The van der Waals surface area contributed by atoms with Gasteiger partial charge < -0.3 is 20.1 Å². The van der Waals surface area contributed by atoms with Crippen LogP contribution in [0.5, 0.6) is 5.75 Å². The molecule has 1 atom stereocenters. The molecule has 1 aromatic heterocycles. The Hall–Kier alpha value is -2.02. The molecule has 0 saturated carbocycles. The highest BCUT2D eigenvalue weighted by atomic mass is 127. The van der Waals surface area contributed by atoms with E-state index in [4.69, 9.17) is 9.47 Å². The lowest BCUT2D eigenvalue weighted by Gasteiger charge is -2.16. The van der Waals surface area contributed by atoms with E-state index < -0.39 is 13.0 Å². The van der Waals surface area contributed by atoms with Crippen LogP contribution in [-0.2, 0) is 11.3 Å². The Morgan fingerprint density at radius 2 is 2.10 bits per heavy atom. The normalized spacial score (nSPS) is 12.2. The lowest BCUT2D eigenvalue weighted by atomic mass is 10.2. The molecule has 0 aliphatic rings. The molecule has 1 unspecified atom stereocenters. The third kappa shape index (κ3) is 8.56. The Morgan fingerprint density at radius 3 is 2.74 bits per heavy atom. The zero-order chi connectivity index (χ0) is 22.1. The number of aryl methyl sites for hydroxylation is 1. The first kappa shape index (κ1) is 27.0. The minimum atomic E-state index is -2.52. The number of halogens is 3. The van der Waals surface area contributed by atoms with E-state index in [2.05, 4.69) is 20.6 Å².